The predicted molar refractivity (Wildman–Crippen MR) is 79.5 cm³/mol. The zero-order chi connectivity index (χ0) is 15.6. The topological polar surface area (TPSA) is 29.3 Å². The Morgan fingerprint density at radius 1 is 1.33 bits per heavy atom. The summed E-state index contributed by atoms with van der Waals surface area (Å²) in [7, 11) is 1.87. The maximum Gasteiger partial charge on any atom is 0.416 e. The lowest BCUT2D eigenvalue weighted by atomic mass is 9.91. The maximum atomic E-state index is 13.3. The molecule has 1 saturated carbocycles. The van der Waals surface area contributed by atoms with Gasteiger partial charge < -0.3 is 10.6 Å². The van der Waals surface area contributed by atoms with Crippen LogP contribution in [-0.4, -0.2) is 19.1 Å². The van der Waals surface area contributed by atoms with E-state index < -0.39 is 11.7 Å². The van der Waals surface area contributed by atoms with Crippen LogP contribution in [0.25, 0.3) is 0 Å². The molecule has 0 saturated heterocycles. The van der Waals surface area contributed by atoms with Gasteiger partial charge in [0.1, 0.15) is 0 Å². The summed E-state index contributed by atoms with van der Waals surface area (Å²) in [5, 5.41) is 0. The largest absolute Gasteiger partial charge is 0.416 e. The summed E-state index contributed by atoms with van der Waals surface area (Å²) in [6.07, 6.45) is -0.135. The molecule has 0 amide bonds. The molecule has 1 atom stereocenters. The van der Waals surface area contributed by atoms with E-state index in [9.17, 15) is 13.2 Å². The van der Waals surface area contributed by atoms with Crippen molar-refractivity contribution in [3.63, 3.8) is 0 Å². The Hall–Kier alpha value is -1.23. The van der Waals surface area contributed by atoms with Crippen LogP contribution >= 0.6 is 0 Å². The van der Waals surface area contributed by atoms with Crippen molar-refractivity contribution in [3.05, 3.63) is 29.3 Å². The number of rotatable bonds is 5. The molecule has 1 aliphatic carbocycles. The summed E-state index contributed by atoms with van der Waals surface area (Å²) in [5.41, 5.74) is 6.20. The van der Waals surface area contributed by atoms with Gasteiger partial charge in [0.05, 0.1) is 5.56 Å². The van der Waals surface area contributed by atoms with E-state index in [-0.39, 0.29) is 12.5 Å². The van der Waals surface area contributed by atoms with Gasteiger partial charge in [-0.3, -0.25) is 0 Å². The lowest BCUT2D eigenvalue weighted by Crippen LogP contribution is -2.37. The molecule has 1 unspecified atom stereocenters. The molecule has 1 fully saturated rings. The molecule has 2 nitrogen and oxygen atoms in total. The minimum atomic E-state index is -4.33. The zero-order valence-electron chi connectivity index (χ0n) is 12.6. The van der Waals surface area contributed by atoms with Crippen molar-refractivity contribution in [3.8, 4) is 0 Å². The van der Waals surface area contributed by atoms with Gasteiger partial charge in [-0.25, -0.2) is 0 Å². The monoisotopic (exact) mass is 300 g/mol. The highest BCUT2D eigenvalue weighted by Gasteiger charge is 2.34. The number of hydrogen-bond acceptors (Lipinski definition) is 2. The predicted octanol–water partition coefficient (Wildman–Crippen LogP) is 3.97. The molecule has 118 valence electrons. The summed E-state index contributed by atoms with van der Waals surface area (Å²) in [5.74, 6) is 0. The van der Waals surface area contributed by atoms with E-state index in [4.69, 9.17) is 5.73 Å². The Morgan fingerprint density at radius 3 is 2.48 bits per heavy atom. The van der Waals surface area contributed by atoms with Crippen molar-refractivity contribution in [2.24, 2.45) is 5.73 Å². The molecule has 0 spiro atoms. The minimum absolute atomic E-state index is 0.235. The van der Waals surface area contributed by atoms with E-state index >= 15 is 0 Å². The highest BCUT2D eigenvalue weighted by atomic mass is 19.4. The van der Waals surface area contributed by atoms with Crippen molar-refractivity contribution >= 4 is 5.69 Å². The summed E-state index contributed by atoms with van der Waals surface area (Å²) < 4.78 is 39.9. The molecular weight excluding hydrogens is 277 g/mol. The fourth-order valence-corrected chi connectivity index (χ4v) is 2.64. The molecule has 0 radical (unpaired) electrons. The minimum Gasteiger partial charge on any atom is -0.372 e. The maximum absolute atomic E-state index is 13.3. The number of benzene rings is 1. The van der Waals surface area contributed by atoms with Crippen LogP contribution in [0.5, 0.6) is 0 Å². The van der Waals surface area contributed by atoms with Crippen LogP contribution in [0.1, 0.15) is 43.7 Å². The standard InChI is InChI=1S/C16H23F3N2/c1-3-12(20)9-11-7-8-14(10-15(11)16(17,18)19)21(2)13-5-4-6-13/h7-8,10,12-13H,3-6,9,20H2,1-2H3. The fourth-order valence-electron chi connectivity index (χ4n) is 2.64. The normalized spacial score (nSPS) is 17.4. The van der Waals surface area contributed by atoms with Crippen molar-refractivity contribution in [2.45, 2.75) is 57.3 Å². The molecule has 0 bridgehead atoms. The first-order valence-electron chi connectivity index (χ1n) is 7.51. The van der Waals surface area contributed by atoms with Gasteiger partial charge in [0.2, 0.25) is 0 Å². The molecule has 0 aromatic heterocycles. The Morgan fingerprint density at radius 2 is 2.00 bits per heavy atom. The van der Waals surface area contributed by atoms with Crippen molar-refractivity contribution < 1.29 is 13.2 Å². The third-order valence-electron chi connectivity index (χ3n) is 4.44. The van der Waals surface area contributed by atoms with Crippen molar-refractivity contribution in [2.75, 3.05) is 11.9 Å². The number of hydrogen-bond donors (Lipinski definition) is 1. The average molecular weight is 300 g/mol. The lowest BCUT2D eigenvalue weighted by Gasteiger charge is -2.36. The second-order valence-corrected chi connectivity index (χ2v) is 5.91. The number of anilines is 1. The van der Waals surface area contributed by atoms with Crippen LogP contribution in [0.3, 0.4) is 0 Å². The number of halogens is 3. The summed E-state index contributed by atoms with van der Waals surface area (Å²) >= 11 is 0. The van der Waals surface area contributed by atoms with Gasteiger partial charge in [-0.1, -0.05) is 13.0 Å². The molecule has 0 aliphatic heterocycles. The highest BCUT2D eigenvalue weighted by Crippen LogP contribution is 2.36. The molecule has 0 heterocycles. The van der Waals surface area contributed by atoms with Crippen LogP contribution < -0.4 is 10.6 Å². The lowest BCUT2D eigenvalue weighted by molar-refractivity contribution is -0.138. The van der Waals surface area contributed by atoms with Gasteiger partial charge in [-0.15, -0.1) is 0 Å². The molecule has 1 aromatic carbocycles. The van der Waals surface area contributed by atoms with Crippen LogP contribution in [0.2, 0.25) is 0 Å². The molecule has 2 rings (SSSR count). The quantitative estimate of drug-likeness (QED) is 0.891. The first kappa shape index (κ1) is 16.1. The fraction of sp³-hybridized carbons (Fsp3) is 0.625. The van der Waals surface area contributed by atoms with E-state index in [0.717, 1.165) is 19.3 Å². The van der Waals surface area contributed by atoms with E-state index in [1.54, 1.807) is 12.1 Å². The molecular formula is C16H23F3N2. The highest BCUT2D eigenvalue weighted by molar-refractivity contribution is 5.52. The Kier molecular flexibility index (Phi) is 4.81. The van der Waals surface area contributed by atoms with Crippen molar-refractivity contribution in [1.82, 2.24) is 0 Å². The third-order valence-corrected chi connectivity index (χ3v) is 4.44. The molecule has 5 heteroatoms. The van der Waals surface area contributed by atoms with Gasteiger partial charge in [-0.05, 0) is 49.8 Å². The Bertz CT molecular complexity index is 481. The third kappa shape index (κ3) is 3.70. The Labute approximate surface area is 124 Å². The van der Waals surface area contributed by atoms with Crippen LogP contribution in [-0.2, 0) is 12.6 Å². The zero-order valence-corrected chi connectivity index (χ0v) is 12.6. The molecule has 1 aliphatic rings. The Balaban J connectivity index is 2.30. The van der Waals surface area contributed by atoms with E-state index in [2.05, 4.69) is 0 Å². The number of nitrogens with two attached hydrogens (primary N) is 1. The van der Waals surface area contributed by atoms with E-state index in [1.165, 1.54) is 6.07 Å². The number of alkyl halides is 3. The molecule has 2 N–H and O–H groups in total. The van der Waals surface area contributed by atoms with Gasteiger partial charge in [0.15, 0.2) is 0 Å². The number of nitrogens with zero attached hydrogens (tertiary/aromatic N) is 1. The van der Waals surface area contributed by atoms with Gasteiger partial charge in [-0.2, -0.15) is 13.2 Å². The van der Waals surface area contributed by atoms with Crippen LogP contribution in [0.4, 0.5) is 18.9 Å². The second-order valence-electron chi connectivity index (χ2n) is 5.91. The van der Waals surface area contributed by atoms with Crippen molar-refractivity contribution in [1.29, 1.82) is 0 Å². The van der Waals surface area contributed by atoms with Gasteiger partial charge in [0, 0.05) is 24.8 Å². The molecule has 21 heavy (non-hydrogen) atoms. The first-order valence-corrected chi connectivity index (χ1v) is 7.51. The van der Waals surface area contributed by atoms with E-state index in [1.807, 2.05) is 18.9 Å². The average Bonchev–Trinajstić information content (AvgIpc) is 2.35. The SMILES string of the molecule is CCC(N)Cc1ccc(N(C)C2CCC2)cc1C(F)(F)F. The summed E-state index contributed by atoms with van der Waals surface area (Å²) in [6.45, 7) is 1.89. The second kappa shape index (κ2) is 6.26. The van der Waals surface area contributed by atoms with Crippen LogP contribution in [0, 0.1) is 0 Å². The first-order chi connectivity index (χ1) is 9.82. The summed E-state index contributed by atoms with van der Waals surface area (Å²) in [4.78, 5) is 1.96. The van der Waals surface area contributed by atoms with Gasteiger partial charge >= 0.3 is 6.18 Å². The van der Waals surface area contributed by atoms with Crippen LogP contribution in [0.15, 0.2) is 18.2 Å². The van der Waals surface area contributed by atoms with Gasteiger partial charge in [0.25, 0.3) is 0 Å². The summed E-state index contributed by atoms with van der Waals surface area (Å²) in [6, 6.07) is 4.78. The van der Waals surface area contributed by atoms with E-state index in [0.29, 0.717) is 23.7 Å². The smallest absolute Gasteiger partial charge is 0.372 e. The molecule has 1 aromatic rings.